The minimum atomic E-state index is -0.0426. The molecule has 2 aromatic rings. The molecule has 1 heterocycles. The molecule has 1 aliphatic heterocycles. The largest absolute Gasteiger partial charge is 0.497 e. The molecule has 1 aliphatic rings. The van der Waals surface area contributed by atoms with Crippen LogP contribution in [0.5, 0.6) is 5.75 Å². The molecule has 0 saturated carbocycles. The smallest absolute Gasteiger partial charge is 0.251 e. The third-order valence-electron chi connectivity index (χ3n) is 4.98. The Balaban J connectivity index is 1.51. The van der Waals surface area contributed by atoms with E-state index in [4.69, 9.17) is 4.74 Å². The van der Waals surface area contributed by atoms with Gasteiger partial charge < -0.3 is 10.1 Å². The number of carbonyl (C=O) groups excluding carboxylic acids is 1. The molecule has 0 aromatic heterocycles. The van der Waals surface area contributed by atoms with Gasteiger partial charge in [-0.3, -0.25) is 9.69 Å². The molecule has 0 aliphatic carbocycles. The van der Waals surface area contributed by atoms with E-state index in [1.54, 1.807) is 7.11 Å². The minimum absolute atomic E-state index is 0.0426. The van der Waals surface area contributed by atoms with Gasteiger partial charge in [0.15, 0.2) is 0 Å². The van der Waals surface area contributed by atoms with Crippen molar-refractivity contribution in [2.45, 2.75) is 32.9 Å². The van der Waals surface area contributed by atoms with E-state index in [2.05, 4.69) is 29.3 Å². The van der Waals surface area contributed by atoms with E-state index in [1.165, 1.54) is 31.5 Å². The van der Waals surface area contributed by atoms with Crippen molar-refractivity contribution >= 4 is 5.91 Å². The number of amides is 1. The Labute approximate surface area is 156 Å². The molecule has 2 aromatic carbocycles. The summed E-state index contributed by atoms with van der Waals surface area (Å²) in [6, 6.07) is 15.7. The van der Waals surface area contributed by atoms with Crippen molar-refractivity contribution in [2.75, 3.05) is 20.2 Å². The quantitative estimate of drug-likeness (QED) is 0.858. The average molecular weight is 352 g/mol. The second-order valence-corrected chi connectivity index (χ2v) is 7.21. The number of methoxy groups -OCH3 is 1. The summed E-state index contributed by atoms with van der Waals surface area (Å²) in [5.74, 6) is 1.56. The zero-order valence-electron chi connectivity index (χ0n) is 15.7. The highest BCUT2D eigenvalue weighted by atomic mass is 16.5. The molecule has 0 spiro atoms. The molecule has 0 radical (unpaired) electrons. The summed E-state index contributed by atoms with van der Waals surface area (Å²) in [6.07, 6.45) is 2.62. The first-order chi connectivity index (χ1) is 12.6. The van der Waals surface area contributed by atoms with Crippen molar-refractivity contribution < 1.29 is 9.53 Å². The van der Waals surface area contributed by atoms with Crippen LogP contribution >= 0.6 is 0 Å². The number of piperidine rings is 1. The van der Waals surface area contributed by atoms with E-state index in [1.807, 2.05) is 36.4 Å². The zero-order chi connectivity index (χ0) is 18.4. The Hall–Kier alpha value is -2.33. The molecule has 1 atom stereocenters. The molecule has 4 nitrogen and oxygen atoms in total. The van der Waals surface area contributed by atoms with Crippen LogP contribution in [0.25, 0.3) is 0 Å². The van der Waals surface area contributed by atoms with Crippen molar-refractivity contribution in [2.24, 2.45) is 5.92 Å². The molecule has 138 valence electrons. The van der Waals surface area contributed by atoms with Crippen molar-refractivity contribution in [1.29, 1.82) is 0 Å². The van der Waals surface area contributed by atoms with Gasteiger partial charge in [-0.05, 0) is 60.7 Å². The Bertz CT molecular complexity index is 710. The van der Waals surface area contributed by atoms with E-state index in [0.717, 1.165) is 23.8 Å². The standard InChI is InChI=1S/C22H28N2O2/c1-17-4-3-13-24(15-17)16-19-5-9-20(10-6-19)22(25)23-14-18-7-11-21(26-2)12-8-18/h5-12,17H,3-4,13-16H2,1-2H3,(H,23,25)/t17-/m0/s1. The maximum Gasteiger partial charge on any atom is 0.251 e. The van der Waals surface area contributed by atoms with Crippen LogP contribution in [0, 0.1) is 5.92 Å². The topological polar surface area (TPSA) is 41.6 Å². The van der Waals surface area contributed by atoms with Gasteiger partial charge in [-0.1, -0.05) is 31.2 Å². The van der Waals surface area contributed by atoms with Crippen LogP contribution in [0.2, 0.25) is 0 Å². The summed E-state index contributed by atoms with van der Waals surface area (Å²) in [5.41, 5.74) is 3.02. The first kappa shape index (κ1) is 18.5. The summed E-state index contributed by atoms with van der Waals surface area (Å²) >= 11 is 0. The Morgan fingerprint density at radius 2 is 1.81 bits per heavy atom. The number of carbonyl (C=O) groups is 1. The highest BCUT2D eigenvalue weighted by Crippen LogP contribution is 2.18. The van der Waals surface area contributed by atoms with Crippen LogP contribution in [0.1, 0.15) is 41.3 Å². The molecule has 1 amide bonds. The first-order valence-electron chi connectivity index (χ1n) is 9.36. The Morgan fingerprint density at radius 3 is 2.46 bits per heavy atom. The number of nitrogens with zero attached hydrogens (tertiary/aromatic N) is 1. The lowest BCUT2D eigenvalue weighted by Gasteiger charge is -2.30. The second kappa shape index (κ2) is 8.86. The fraction of sp³-hybridized carbons (Fsp3) is 0.409. The summed E-state index contributed by atoms with van der Waals surface area (Å²) in [7, 11) is 1.65. The minimum Gasteiger partial charge on any atom is -0.497 e. The highest BCUT2D eigenvalue weighted by Gasteiger charge is 2.16. The summed E-state index contributed by atoms with van der Waals surface area (Å²) in [6.45, 7) is 6.15. The monoisotopic (exact) mass is 352 g/mol. The number of rotatable bonds is 6. The number of ether oxygens (including phenoxy) is 1. The molecular weight excluding hydrogens is 324 g/mol. The van der Waals surface area contributed by atoms with Gasteiger partial charge in [-0.2, -0.15) is 0 Å². The van der Waals surface area contributed by atoms with Gasteiger partial charge in [-0.15, -0.1) is 0 Å². The van der Waals surface area contributed by atoms with Crippen LogP contribution in [0.4, 0.5) is 0 Å². The van der Waals surface area contributed by atoms with Gasteiger partial charge in [0.1, 0.15) is 5.75 Å². The van der Waals surface area contributed by atoms with Gasteiger partial charge in [-0.25, -0.2) is 0 Å². The van der Waals surface area contributed by atoms with Crippen LogP contribution in [0.3, 0.4) is 0 Å². The number of nitrogens with one attached hydrogen (secondary N) is 1. The molecule has 1 N–H and O–H groups in total. The SMILES string of the molecule is COc1ccc(CNC(=O)c2ccc(CN3CCC[C@H](C)C3)cc2)cc1. The molecule has 3 rings (SSSR count). The van der Waals surface area contributed by atoms with Crippen molar-refractivity contribution in [3.05, 3.63) is 65.2 Å². The third kappa shape index (κ3) is 5.09. The Kier molecular flexibility index (Phi) is 6.29. The number of hydrogen-bond donors (Lipinski definition) is 1. The number of likely N-dealkylation sites (tertiary alicyclic amines) is 1. The fourth-order valence-electron chi connectivity index (χ4n) is 3.48. The lowest BCUT2D eigenvalue weighted by molar-refractivity contribution is 0.0951. The van der Waals surface area contributed by atoms with Gasteiger partial charge in [0.05, 0.1) is 7.11 Å². The summed E-state index contributed by atoms with van der Waals surface area (Å²) in [4.78, 5) is 14.8. The van der Waals surface area contributed by atoms with E-state index in [-0.39, 0.29) is 5.91 Å². The van der Waals surface area contributed by atoms with E-state index < -0.39 is 0 Å². The molecule has 4 heteroatoms. The number of hydrogen-bond acceptors (Lipinski definition) is 3. The van der Waals surface area contributed by atoms with Crippen LogP contribution < -0.4 is 10.1 Å². The fourth-order valence-corrected chi connectivity index (χ4v) is 3.48. The summed E-state index contributed by atoms with van der Waals surface area (Å²) < 4.78 is 5.14. The maximum absolute atomic E-state index is 12.3. The maximum atomic E-state index is 12.3. The zero-order valence-corrected chi connectivity index (χ0v) is 15.7. The lowest BCUT2D eigenvalue weighted by Crippen LogP contribution is -2.33. The van der Waals surface area contributed by atoms with Gasteiger partial charge in [0.2, 0.25) is 0 Å². The lowest BCUT2D eigenvalue weighted by atomic mass is 9.99. The molecule has 1 saturated heterocycles. The normalized spacial score (nSPS) is 17.7. The molecular formula is C22H28N2O2. The molecule has 0 unspecified atom stereocenters. The van der Waals surface area contributed by atoms with Gasteiger partial charge >= 0.3 is 0 Å². The van der Waals surface area contributed by atoms with Crippen molar-refractivity contribution in [3.8, 4) is 5.75 Å². The van der Waals surface area contributed by atoms with E-state index in [0.29, 0.717) is 12.1 Å². The summed E-state index contributed by atoms with van der Waals surface area (Å²) in [5, 5.41) is 2.97. The van der Waals surface area contributed by atoms with Gasteiger partial charge in [0, 0.05) is 25.2 Å². The van der Waals surface area contributed by atoms with Crippen molar-refractivity contribution in [1.82, 2.24) is 10.2 Å². The predicted octanol–water partition coefficient (Wildman–Crippen LogP) is 3.86. The van der Waals surface area contributed by atoms with Crippen LogP contribution in [-0.2, 0) is 13.1 Å². The van der Waals surface area contributed by atoms with Gasteiger partial charge in [0.25, 0.3) is 5.91 Å². The predicted molar refractivity (Wildman–Crippen MR) is 104 cm³/mol. The number of benzene rings is 2. The third-order valence-corrected chi connectivity index (χ3v) is 4.98. The van der Waals surface area contributed by atoms with Crippen LogP contribution in [-0.4, -0.2) is 31.0 Å². The Morgan fingerprint density at radius 1 is 1.12 bits per heavy atom. The van der Waals surface area contributed by atoms with E-state index in [9.17, 15) is 4.79 Å². The first-order valence-corrected chi connectivity index (χ1v) is 9.36. The molecule has 26 heavy (non-hydrogen) atoms. The second-order valence-electron chi connectivity index (χ2n) is 7.21. The van der Waals surface area contributed by atoms with Crippen LogP contribution in [0.15, 0.2) is 48.5 Å². The highest BCUT2D eigenvalue weighted by molar-refractivity contribution is 5.94. The van der Waals surface area contributed by atoms with E-state index >= 15 is 0 Å². The molecule has 0 bridgehead atoms. The molecule has 1 fully saturated rings. The average Bonchev–Trinajstić information content (AvgIpc) is 2.67. The van der Waals surface area contributed by atoms with Crippen molar-refractivity contribution in [3.63, 3.8) is 0 Å².